The van der Waals surface area contributed by atoms with Crippen LogP contribution in [0.25, 0.3) is 0 Å². The van der Waals surface area contributed by atoms with Crippen LogP contribution in [-0.2, 0) is 6.54 Å². The maximum absolute atomic E-state index is 5.60. The Morgan fingerprint density at radius 1 is 1.36 bits per heavy atom. The van der Waals surface area contributed by atoms with E-state index < -0.39 is 0 Å². The Balaban J connectivity index is 2.27. The first-order chi connectivity index (χ1) is 6.79. The minimum Gasteiger partial charge on any atom is -0.325 e. The van der Waals surface area contributed by atoms with Crippen molar-refractivity contribution in [3.63, 3.8) is 0 Å². The first-order valence-electron chi connectivity index (χ1n) is 5.34. The highest BCUT2D eigenvalue weighted by Crippen LogP contribution is 2.32. The molecule has 0 spiro atoms. The van der Waals surface area contributed by atoms with Crippen molar-refractivity contribution in [1.82, 2.24) is 9.97 Å². The zero-order valence-corrected chi connectivity index (χ0v) is 8.66. The van der Waals surface area contributed by atoms with Gasteiger partial charge in [0.25, 0.3) is 0 Å². The predicted octanol–water partition coefficient (Wildman–Crippen LogP) is 1.90. The third kappa shape index (κ3) is 1.93. The molecule has 2 rings (SSSR count). The molecule has 0 bridgehead atoms. The topological polar surface area (TPSA) is 51.8 Å². The van der Waals surface area contributed by atoms with Crippen LogP contribution in [0.15, 0.2) is 6.07 Å². The van der Waals surface area contributed by atoms with E-state index in [0.717, 1.165) is 17.2 Å². The Kier molecular flexibility index (Phi) is 2.77. The summed E-state index contributed by atoms with van der Waals surface area (Å²) in [6.45, 7) is 2.53. The molecule has 0 saturated heterocycles. The van der Waals surface area contributed by atoms with Crippen LogP contribution in [0.5, 0.6) is 0 Å². The number of nitrogens with two attached hydrogens (primary N) is 1. The number of hydrogen-bond acceptors (Lipinski definition) is 3. The van der Waals surface area contributed by atoms with Crippen LogP contribution in [0.2, 0.25) is 0 Å². The Bertz CT molecular complexity index is 316. The van der Waals surface area contributed by atoms with Gasteiger partial charge in [-0.3, -0.25) is 0 Å². The Hall–Kier alpha value is -0.960. The molecule has 1 aliphatic rings. The maximum Gasteiger partial charge on any atom is 0.131 e. The summed E-state index contributed by atoms with van der Waals surface area (Å²) >= 11 is 0. The molecule has 1 aliphatic carbocycles. The molecule has 1 saturated carbocycles. The molecule has 76 valence electrons. The molecular weight excluding hydrogens is 174 g/mol. The summed E-state index contributed by atoms with van der Waals surface area (Å²) in [5.74, 6) is 1.60. The summed E-state index contributed by atoms with van der Waals surface area (Å²) in [5.41, 5.74) is 7.61. The zero-order chi connectivity index (χ0) is 9.97. The van der Waals surface area contributed by atoms with Crippen LogP contribution in [0, 0.1) is 6.92 Å². The second-order valence-electron chi connectivity index (χ2n) is 4.04. The lowest BCUT2D eigenvalue weighted by Gasteiger charge is -2.09. The van der Waals surface area contributed by atoms with Gasteiger partial charge in [0, 0.05) is 18.2 Å². The molecule has 2 N–H and O–H groups in total. The van der Waals surface area contributed by atoms with E-state index in [1.807, 2.05) is 13.0 Å². The molecule has 0 aromatic carbocycles. The first-order valence-corrected chi connectivity index (χ1v) is 5.34. The highest BCUT2D eigenvalue weighted by Gasteiger charge is 2.20. The lowest BCUT2D eigenvalue weighted by atomic mass is 10.1. The Morgan fingerprint density at radius 2 is 2.07 bits per heavy atom. The van der Waals surface area contributed by atoms with Crippen molar-refractivity contribution >= 4 is 0 Å². The van der Waals surface area contributed by atoms with Crippen molar-refractivity contribution in [2.75, 3.05) is 0 Å². The largest absolute Gasteiger partial charge is 0.325 e. The summed E-state index contributed by atoms with van der Waals surface area (Å²) in [5, 5.41) is 0. The number of rotatable bonds is 2. The fourth-order valence-corrected chi connectivity index (χ4v) is 2.13. The third-order valence-electron chi connectivity index (χ3n) is 2.85. The van der Waals surface area contributed by atoms with Crippen LogP contribution < -0.4 is 5.73 Å². The molecule has 3 heteroatoms. The van der Waals surface area contributed by atoms with Gasteiger partial charge in [-0.25, -0.2) is 9.97 Å². The van der Waals surface area contributed by atoms with E-state index in [1.54, 1.807) is 0 Å². The van der Waals surface area contributed by atoms with Crippen LogP contribution in [0.3, 0.4) is 0 Å². The monoisotopic (exact) mass is 191 g/mol. The molecule has 0 amide bonds. The van der Waals surface area contributed by atoms with E-state index in [-0.39, 0.29) is 0 Å². The van der Waals surface area contributed by atoms with E-state index in [4.69, 9.17) is 5.73 Å². The first kappa shape index (κ1) is 9.59. The van der Waals surface area contributed by atoms with Crippen molar-refractivity contribution in [3.8, 4) is 0 Å². The van der Waals surface area contributed by atoms with Crippen molar-refractivity contribution in [2.24, 2.45) is 5.73 Å². The molecule has 3 nitrogen and oxygen atoms in total. The molecule has 0 unspecified atom stereocenters. The third-order valence-corrected chi connectivity index (χ3v) is 2.85. The minimum atomic E-state index is 0.517. The van der Waals surface area contributed by atoms with Gasteiger partial charge in [0.1, 0.15) is 5.82 Å². The van der Waals surface area contributed by atoms with Gasteiger partial charge >= 0.3 is 0 Å². The lowest BCUT2D eigenvalue weighted by Crippen LogP contribution is -2.08. The highest BCUT2D eigenvalue weighted by molar-refractivity contribution is 5.12. The Labute approximate surface area is 84.8 Å². The van der Waals surface area contributed by atoms with Gasteiger partial charge in [-0.1, -0.05) is 12.8 Å². The van der Waals surface area contributed by atoms with E-state index >= 15 is 0 Å². The maximum atomic E-state index is 5.60. The highest BCUT2D eigenvalue weighted by atomic mass is 14.9. The SMILES string of the molecule is Cc1cc(CN)nc(C2CCCC2)n1. The van der Waals surface area contributed by atoms with E-state index in [9.17, 15) is 0 Å². The van der Waals surface area contributed by atoms with Gasteiger partial charge in [0.15, 0.2) is 0 Å². The molecule has 0 aliphatic heterocycles. The second-order valence-corrected chi connectivity index (χ2v) is 4.04. The van der Waals surface area contributed by atoms with Gasteiger partial charge in [0.2, 0.25) is 0 Å². The molecule has 1 aromatic heterocycles. The van der Waals surface area contributed by atoms with Gasteiger partial charge in [-0.05, 0) is 25.8 Å². The van der Waals surface area contributed by atoms with Crippen LogP contribution >= 0.6 is 0 Å². The number of aryl methyl sites for hydroxylation is 1. The van der Waals surface area contributed by atoms with E-state index in [0.29, 0.717) is 12.5 Å². The fourth-order valence-electron chi connectivity index (χ4n) is 2.13. The van der Waals surface area contributed by atoms with Crippen molar-refractivity contribution < 1.29 is 0 Å². The molecule has 14 heavy (non-hydrogen) atoms. The quantitative estimate of drug-likeness (QED) is 0.776. The van der Waals surface area contributed by atoms with Crippen molar-refractivity contribution in [2.45, 2.75) is 45.1 Å². The predicted molar refractivity (Wildman–Crippen MR) is 55.9 cm³/mol. The van der Waals surface area contributed by atoms with Gasteiger partial charge in [-0.2, -0.15) is 0 Å². The summed E-state index contributed by atoms with van der Waals surface area (Å²) < 4.78 is 0. The lowest BCUT2D eigenvalue weighted by molar-refractivity contribution is 0.656. The molecule has 0 radical (unpaired) electrons. The molecule has 1 fully saturated rings. The normalized spacial score (nSPS) is 17.6. The summed E-state index contributed by atoms with van der Waals surface area (Å²) in [6, 6.07) is 1.97. The summed E-state index contributed by atoms with van der Waals surface area (Å²) in [6.07, 6.45) is 5.13. The fraction of sp³-hybridized carbons (Fsp3) is 0.636. The van der Waals surface area contributed by atoms with Crippen LogP contribution in [0.1, 0.15) is 48.8 Å². The zero-order valence-electron chi connectivity index (χ0n) is 8.66. The average molecular weight is 191 g/mol. The molecular formula is C11H17N3. The van der Waals surface area contributed by atoms with Crippen molar-refractivity contribution in [1.29, 1.82) is 0 Å². The molecule has 1 heterocycles. The van der Waals surface area contributed by atoms with E-state index in [2.05, 4.69) is 9.97 Å². The number of nitrogens with zero attached hydrogens (tertiary/aromatic N) is 2. The van der Waals surface area contributed by atoms with Gasteiger partial charge < -0.3 is 5.73 Å². The van der Waals surface area contributed by atoms with Crippen molar-refractivity contribution in [3.05, 3.63) is 23.3 Å². The second kappa shape index (κ2) is 4.05. The molecule has 0 atom stereocenters. The number of aromatic nitrogens is 2. The smallest absolute Gasteiger partial charge is 0.131 e. The van der Waals surface area contributed by atoms with Crippen LogP contribution in [0.4, 0.5) is 0 Å². The number of hydrogen-bond donors (Lipinski definition) is 1. The minimum absolute atomic E-state index is 0.517. The molecule has 1 aromatic rings. The van der Waals surface area contributed by atoms with Gasteiger partial charge in [0.05, 0.1) is 5.69 Å². The van der Waals surface area contributed by atoms with Gasteiger partial charge in [-0.15, -0.1) is 0 Å². The summed E-state index contributed by atoms with van der Waals surface area (Å²) in [7, 11) is 0. The van der Waals surface area contributed by atoms with E-state index in [1.165, 1.54) is 25.7 Å². The Morgan fingerprint density at radius 3 is 2.71 bits per heavy atom. The summed E-state index contributed by atoms with van der Waals surface area (Å²) in [4.78, 5) is 9.00. The average Bonchev–Trinajstić information content (AvgIpc) is 2.69. The van der Waals surface area contributed by atoms with Crippen LogP contribution in [-0.4, -0.2) is 9.97 Å². The standard InChI is InChI=1S/C11H17N3/c1-8-6-10(7-12)14-11(13-8)9-4-2-3-5-9/h6,9H,2-5,7,12H2,1H3.